The third kappa shape index (κ3) is 6.61. The molecule has 0 aliphatic carbocycles. The lowest BCUT2D eigenvalue weighted by molar-refractivity contribution is 1.19. The van der Waals surface area contributed by atoms with Crippen molar-refractivity contribution in [3.8, 4) is 50.2 Å². The molecule has 1 heterocycles. The number of nitrogens with zero attached hydrogens (tertiary/aromatic N) is 2. The Bertz CT molecular complexity index is 3560. The van der Waals surface area contributed by atoms with Crippen molar-refractivity contribution in [2.75, 3.05) is 4.90 Å². The first kappa shape index (κ1) is 37.3. The van der Waals surface area contributed by atoms with Crippen LogP contribution < -0.4 is 4.90 Å². The van der Waals surface area contributed by atoms with Crippen molar-refractivity contribution in [3.63, 3.8) is 0 Å². The van der Waals surface area contributed by atoms with Gasteiger partial charge in [-0.1, -0.05) is 188 Å². The molecule has 0 radical (unpaired) electrons. The number of hydrogen-bond acceptors (Lipinski definition) is 1. The maximum atomic E-state index is 2.43. The van der Waals surface area contributed by atoms with Gasteiger partial charge in [0.05, 0.1) is 11.0 Å². The molecule has 0 atom stereocenters. The fourth-order valence-corrected chi connectivity index (χ4v) is 9.68. The largest absolute Gasteiger partial charge is 0.310 e. The quantitative estimate of drug-likeness (QED) is 0.139. The highest BCUT2D eigenvalue weighted by Crippen LogP contribution is 2.42. The normalized spacial score (nSPS) is 11.4. The molecule has 0 spiro atoms. The van der Waals surface area contributed by atoms with Gasteiger partial charge in [-0.15, -0.1) is 0 Å². The second-order valence-corrected chi connectivity index (χ2v) is 16.5. The van der Waals surface area contributed by atoms with Crippen LogP contribution in [0.2, 0.25) is 0 Å². The van der Waals surface area contributed by atoms with E-state index >= 15 is 0 Å². The van der Waals surface area contributed by atoms with Gasteiger partial charge in [-0.2, -0.15) is 0 Å². The Balaban J connectivity index is 0.948. The maximum Gasteiger partial charge on any atom is 0.0547 e. The van der Waals surface area contributed by atoms with Gasteiger partial charge >= 0.3 is 0 Å². The Morgan fingerprint density at radius 1 is 0.266 bits per heavy atom. The second kappa shape index (κ2) is 15.8. The van der Waals surface area contributed by atoms with Crippen LogP contribution in [0, 0.1) is 0 Å². The summed E-state index contributed by atoms with van der Waals surface area (Å²) in [6, 6.07) is 92.6. The number of fused-ring (bicyclic) bond motifs is 6. The van der Waals surface area contributed by atoms with Gasteiger partial charge < -0.3 is 9.47 Å². The van der Waals surface area contributed by atoms with E-state index in [2.05, 4.69) is 264 Å². The summed E-state index contributed by atoms with van der Waals surface area (Å²) >= 11 is 0. The molecule has 0 saturated heterocycles. The minimum Gasteiger partial charge on any atom is -0.310 e. The molecule has 12 aromatic rings. The molecule has 0 aliphatic rings. The number of para-hydroxylation sites is 1. The van der Waals surface area contributed by atoms with E-state index in [0.717, 1.165) is 28.3 Å². The van der Waals surface area contributed by atoms with Gasteiger partial charge in [0, 0.05) is 33.5 Å². The first-order valence-corrected chi connectivity index (χ1v) is 22.0. The zero-order valence-electron chi connectivity index (χ0n) is 35.1. The predicted molar refractivity (Wildman–Crippen MR) is 272 cm³/mol. The van der Waals surface area contributed by atoms with Gasteiger partial charge in [-0.05, 0) is 133 Å². The molecule has 0 unspecified atom stereocenters. The third-order valence-corrected chi connectivity index (χ3v) is 12.8. The van der Waals surface area contributed by atoms with Crippen LogP contribution in [0.25, 0.3) is 93.5 Å². The van der Waals surface area contributed by atoms with Crippen LogP contribution in [-0.2, 0) is 0 Å². The summed E-state index contributed by atoms with van der Waals surface area (Å²) < 4.78 is 2.43. The van der Waals surface area contributed by atoms with Crippen molar-refractivity contribution in [1.82, 2.24) is 4.57 Å². The molecule has 0 amide bonds. The smallest absolute Gasteiger partial charge is 0.0547 e. The zero-order chi connectivity index (χ0) is 42.4. The van der Waals surface area contributed by atoms with Gasteiger partial charge in [-0.25, -0.2) is 0 Å². The number of hydrogen-bond donors (Lipinski definition) is 0. The minimum absolute atomic E-state index is 1.09. The van der Waals surface area contributed by atoms with Crippen molar-refractivity contribution in [2.45, 2.75) is 0 Å². The Hall–Kier alpha value is -8.46. The average Bonchev–Trinajstić information content (AvgIpc) is 3.72. The maximum absolute atomic E-state index is 2.43. The van der Waals surface area contributed by atoms with Gasteiger partial charge in [0.25, 0.3) is 0 Å². The Morgan fingerprint density at radius 3 is 1.50 bits per heavy atom. The molecule has 11 aromatic carbocycles. The van der Waals surface area contributed by atoms with Crippen molar-refractivity contribution in [2.24, 2.45) is 0 Å². The van der Waals surface area contributed by atoms with Gasteiger partial charge in [0.1, 0.15) is 0 Å². The lowest BCUT2D eigenvalue weighted by Crippen LogP contribution is -2.10. The van der Waals surface area contributed by atoms with E-state index in [9.17, 15) is 0 Å². The average molecular weight is 815 g/mol. The van der Waals surface area contributed by atoms with Crippen LogP contribution in [0.15, 0.2) is 255 Å². The van der Waals surface area contributed by atoms with Crippen LogP contribution in [0.3, 0.4) is 0 Å². The summed E-state index contributed by atoms with van der Waals surface area (Å²) in [6.45, 7) is 0. The highest BCUT2D eigenvalue weighted by atomic mass is 15.1. The first-order valence-electron chi connectivity index (χ1n) is 22.0. The van der Waals surface area contributed by atoms with E-state index in [1.54, 1.807) is 0 Å². The fourth-order valence-electron chi connectivity index (χ4n) is 9.68. The second-order valence-electron chi connectivity index (χ2n) is 16.5. The molecule has 0 bridgehead atoms. The van der Waals surface area contributed by atoms with Crippen molar-refractivity contribution in [1.29, 1.82) is 0 Å². The highest BCUT2D eigenvalue weighted by molar-refractivity contribution is 6.16. The molecule has 300 valence electrons. The molecule has 2 nitrogen and oxygen atoms in total. The molecule has 1 aromatic heterocycles. The summed E-state index contributed by atoms with van der Waals surface area (Å²) in [5.74, 6) is 0. The fraction of sp³-hybridized carbons (Fsp3) is 0. The van der Waals surface area contributed by atoms with Crippen LogP contribution in [0.1, 0.15) is 0 Å². The lowest BCUT2D eigenvalue weighted by Gasteiger charge is -2.26. The molecule has 0 saturated carbocycles. The summed E-state index contributed by atoms with van der Waals surface area (Å²) in [6.07, 6.45) is 0. The Morgan fingerprint density at radius 2 is 0.781 bits per heavy atom. The van der Waals surface area contributed by atoms with E-state index in [4.69, 9.17) is 0 Å². The minimum atomic E-state index is 1.09. The molecule has 2 heteroatoms. The lowest BCUT2D eigenvalue weighted by atomic mass is 9.95. The van der Waals surface area contributed by atoms with E-state index < -0.39 is 0 Å². The van der Waals surface area contributed by atoms with Crippen molar-refractivity contribution >= 4 is 60.4 Å². The van der Waals surface area contributed by atoms with E-state index in [1.165, 1.54) is 82.3 Å². The van der Waals surface area contributed by atoms with Gasteiger partial charge in [0.2, 0.25) is 0 Å². The topological polar surface area (TPSA) is 8.17 Å². The molecule has 0 aliphatic heterocycles. The molecule has 64 heavy (non-hydrogen) atoms. The Labute approximate surface area is 373 Å². The van der Waals surface area contributed by atoms with Gasteiger partial charge in [0.15, 0.2) is 0 Å². The molecular weight excluding hydrogens is 773 g/mol. The molecular formula is C62H42N2. The number of rotatable bonds is 8. The van der Waals surface area contributed by atoms with Crippen LogP contribution in [0.5, 0.6) is 0 Å². The SMILES string of the molecule is c1ccc(-c2ccc(N(c3ccc(-c4ccccc4)cc3)c3cccc(-c4cccc(-c5cccc6c5c5ccccc5n6-c5ccc6c(ccc7ccccc76)c5)c4)c3)cc2)cc1. The molecule has 0 fully saturated rings. The summed E-state index contributed by atoms with van der Waals surface area (Å²) in [5, 5.41) is 7.55. The van der Waals surface area contributed by atoms with Crippen molar-refractivity contribution < 1.29 is 0 Å². The van der Waals surface area contributed by atoms with Crippen LogP contribution >= 0.6 is 0 Å². The van der Waals surface area contributed by atoms with Crippen LogP contribution in [0.4, 0.5) is 17.1 Å². The summed E-state index contributed by atoms with van der Waals surface area (Å²) in [5.41, 5.74) is 16.4. The van der Waals surface area contributed by atoms with E-state index in [1.807, 2.05) is 0 Å². The number of anilines is 3. The number of benzene rings is 11. The number of aromatic nitrogens is 1. The molecule has 12 rings (SSSR count). The monoisotopic (exact) mass is 814 g/mol. The third-order valence-electron chi connectivity index (χ3n) is 12.8. The van der Waals surface area contributed by atoms with Crippen molar-refractivity contribution in [3.05, 3.63) is 255 Å². The molecule has 0 N–H and O–H groups in total. The standard InChI is InChI=1S/C62H42N2/c1-3-14-43(15-4-1)45-30-34-52(35-31-45)63(53-36-32-46(33-37-53)44-16-5-2-6-17-44)54-22-12-20-49(41-54)48-19-11-21-50(40-48)58-25-13-27-61-62(58)59-24-9-10-26-60(59)64(61)55-38-39-57-51(42-55)29-28-47-18-7-8-23-56(47)57/h1-42H. The first-order chi connectivity index (χ1) is 31.7. The van der Waals surface area contributed by atoms with E-state index in [0.29, 0.717) is 0 Å². The highest BCUT2D eigenvalue weighted by Gasteiger charge is 2.18. The summed E-state index contributed by atoms with van der Waals surface area (Å²) in [4.78, 5) is 2.36. The van der Waals surface area contributed by atoms with Gasteiger partial charge in [-0.3, -0.25) is 0 Å². The Kier molecular flexibility index (Phi) is 9.20. The predicted octanol–water partition coefficient (Wildman–Crippen LogP) is 17.2. The zero-order valence-corrected chi connectivity index (χ0v) is 35.1. The summed E-state index contributed by atoms with van der Waals surface area (Å²) in [7, 11) is 0. The van der Waals surface area contributed by atoms with Crippen LogP contribution in [-0.4, -0.2) is 4.57 Å². The van der Waals surface area contributed by atoms with E-state index in [-0.39, 0.29) is 0 Å².